The average Bonchev–Trinajstić information content (AvgIpc) is 2.92. The number of aliphatic hydroxyl groups is 1. The molecule has 1 saturated carbocycles. The first-order valence-electron chi connectivity index (χ1n) is 7.67. The monoisotopic (exact) mass is 320 g/mol. The van der Waals surface area contributed by atoms with Crippen LogP contribution in [0.25, 0.3) is 0 Å². The minimum absolute atomic E-state index is 0.119. The highest BCUT2D eigenvalue weighted by atomic mass is 16.6. The van der Waals surface area contributed by atoms with Gasteiger partial charge in [-0.05, 0) is 18.9 Å². The highest BCUT2D eigenvalue weighted by Gasteiger charge is 2.63. The lowest BCUT2D eigenvalue weighted by atomic mass is 9.67. The molecule has 3 rings (SSSR count). The number of carbonyl (C=O) groups excluding carboxylic acids is 3. The van der Waals surface area contributed by atoms with E-state index in [0.717, 1.165) is 0 Å². The number of hydrogen-bond acceptors (Lipinski definition) is 6. The van der Waals surface area contributed by atoms with Crippen molar-refractivity contribution in [3.63, 3.8) is 0 Å². The Morgan fingerprint density at radius 1 is 1.43 bits per heavy atom. The van der Waals surface area contributed by atoms with Gasteiger partial charge in [0.2, 0.25) is 0 Å². The SMILES string of the molecule is C=C1C(=O)O[C@@H]2[C@H](OC(C)=O)[C@@H](C)[C@@H]3C=CC(=O)[C@@]3(C)[C@@H](O)[C@H]12. The Bertz CT molecular complexity index is 635. The summed E-state index contributed by atoms with van der Waals surface area (Å²) in [5, 5.41) is 10.9. The van der Waals surface area contributed by atoms with Crippen molar-refractivity contribution in [1.82, 2.24) is 0 Å². The summed E-state index contributed by atoms with van der Waals surface area (Å²) in [6.07, 6.45) is 0.501. The van der Waals surface area contributed by atoms with Gasteiger partial charge in [0.15, 0.2) is 5.78 Å². The maximum Gasteiger partial charge on any atom is 0.334 e. The second-order valence-electron chi connectivity index (χ2n) is 6.83. The van der Waals surface area contributed by atoms with E-state index in [1.54, 1.807) is 13.0 Å². The van der Waals surface area contributed by atoms with Gasteiger partial charge >= 0.3 is 11.9 Å². The van der Waals surface area contributed by atoms with Gasteiger partial charge in [0.05, 0.1) is 17.4 Å². The van der Waals surface area contributed by atoms with E-state index in [2.05, 4.69) is 6.58 Å². The van der Waals surface area contributed by atoms with Crippen LogP contribution in [-0.2, 0) is 23.9 Å². The molecule has 6 nitrogen and oxygen atoms in total. The third kappa shape index (κ3) is 2.01. The van der Waals surface area contributed by atoms with Crippen molar-refractivity contribution in [3.05, 3.63) is 24.3 Å². The smallest absolute Gasteiger partial charge is 0.334 e. The van der Waals surface area contributed by atoms with E-state index < -0.39 is 41.6 Å². The lowest BCUT2D eigenvalue weighted by Gasteiger charge is -2.37. The summed E-state index contributed by atoms with van der Waals surface area (Å²) in [7, 11) is 0. The molecule has 1 N–H and O–H groups in total. The molecule has 0 radical (unpaired) electrons. The van der Waals surface area contributed by atoms with Gasteiger partial charge in [-0.25, -0.2) is 4.79 Å². The zero-order valence-electron chi connectivity index (χ0n) is 13.3. The van der Waals surface area contributed by atoms with Crippen molar-refractivity contribution in [1.29, 1.82) is 0 Å². The van der Waals surface area contributed by atoms with Gasteiger partial charge in [-0.15, -0.1) is 0 Å². The Morgan fingerprint density at radius 3 is 2.70 bits per heavy atom. The number of ether oxygens (including phenoxy) is 2. The summed E-state index contributed by atoms with van der Waals surface area (Å²) in [6.45, 7) is 8.52. The van der Waals surface area contributed by atoms with Gasteiger partial charge in [0.1, 0.15) is 12.2 Å². The molecule has 2 fully saturated rings. The first-order valence-corrected chi connectivity index (χ1v) is 7.67. The molecule has 1 aliphatic heterocycles. The summed E-state index contributed by atoms with van der Waals surface area (Å²) < 4.78 is 10.8. The molecule has 3 aliphatic rings. The molecular formula is C17H20O6. The predicted octanol–water partition coefficient (Wildman–Crippen LogP) is 0.788. The quantitative estimate of drug-likeness (QED) is 0.567. The fourth-order valence-corrected chi connectivity index (χ4v) is 4.29. The lowest BCUT2D eigenvalue weighted by molar-refractivity contribution is -0.165. The molecule has 1 heterocycles. The summed E-state index contributed by atoms with van der Waals surface area (Å²) in [6, 6.07) is 0. The molecule has 124 valence electrons. The predicted molar refractivity (Wildman–Crippen MR) is 79.0 cm³/mol. The molecule has 2 aliphatic carbocycles. The summed E-state index contributed by atoms with van der Waals surface area (Å²) in [4.78, 5) is 35.9. The highest BCUT2D eigenvalue weighted by Crippen LogP contribution is 2.53. The maximum absolute atomic E-state index is 12.4. The zero-order valence-corrected chi connectivity index (χ0v) is 13.3. The van der Waals surface area contributed by atoms with E-state index in [9.17, 15) is 19.5 Å². The van der Waals surface area contributed by atoms with Crippen molar-refractivity contribution in [2.45, 2.75) is 39.1 Å². The van der Waals surface area contributed by atoms with Crippen LogP contribution < -0.4 is 0 Å². The molecule has 7 atom stereocenters. The lowest BCUT2D eigenvalue weighted by Crippen LogP contribution is -2.46. The Labute approximate surface area is 134 Å². The summed E-state index contributed by atoms with van der Waals surface area (Å²) >= 11 is 0. The van der Waals surface area contributed by atoms with E-state index in [1.807, 2.05) is 6.92 Å². The Morgan fingerprint density at radius 2 is 2.09 bits per heavy atom. The van der Waals surface area contributed by atoms with E-state index in [4.69, 9.17) is 9.47 Å². The van der Waals surface area contributed by atoms with Crippen LogP contribution in [-0.4, -0.2) is 41.1 Å². The fraction of sp³-hybridized carbons (Fsp3) is 0.588. The second kappa shape index (κ2) is 5.03. The Hall–Kier alpha value is -1.95. The van der Waals surface area contributed by atoms with Crippen LogP contribution in [0.4, 0.5) is 0 Å². The van der Waals surface area contributed by atoms with E-state index >= 15 is 0 Å². The van der Waals surface area contributed by atoms with Gasteiger partial charge in [0, 0.05) is 18.4 Å². The second-order valence-corrected chi connectivity index (χ2v) is 6.83. The standard InChI is InChI=1S/C17H20O6/c1-7-10-5-6-11(19)17(10,4)15(20)12-8(2)16(21)23-14(12)13(7)22-9(3)18/h5-7,10,12-15,20H,2H2,1,3-4H3/t7-,10-,12+,13+,14-,15-,17-/m0/s1. The molecule has 0 spiro atoms. The molecule has 1 saturated heterocycles. The fourth-order valence-electron chi connectivity index (χ4n) is 4.29. The molecule has 0 aromatic heterocycles. The topological polar surface area (TPSA) is 89.9 Å². The first-order chi connectivity index (χ1) is 10.7. The number of esters is 2. The van der Waals surface area contributed by atoms with E-state index in [-0.39, 0.29) is 23.2 Å². The maximum atomic E-state index is 12.4. The van der Waals surface area contributed by atoms with Crippen LogP contribution in [0, 0.1) is 23.2 Å². The molecule has 0 unspecified atom stereocenters. The normalized spacial score (nSPS) is 45.3. The number of ketones is 1. The van der Waals surface area contributed by atoms with Crippen LogP contribution in [0.1, 0.15) is 20.8 Å². The van der Waals surface area contributed by atoms with Gasteiger partial charge in [-0.2, -0.15) is 0 Å². The van der Waals surface area contributed by atoms with Crippen LogP contribution in [0.15, 0.2) is 24.3 Å². The third-order valence-corrected chi connectivity index (χ3v) is 5.61. The van der Waals surface area contributed by atoms with Crippen molar-refractivity contribution in [3.8, 4) is 0 Å². The van der Waals surface area contributed by atoms with E-state index in [0.29, 0.717) is 0 Å². The third-order valence-electron chi connectivity index (χ3n) is 5.61. The molecule has 0 aromatic carbocycles. The van der Waals surface area contributed by atoms with Crippen molar-refractivity contribution in [2.24, 2.45) is 23.2 Å². The largest absolute Gasteiger partial charge is 0.458 e. The zero-order chi connectivity index (χ0) is 17.1. The van der Waals surface area contributed by atoms with Crippen molar-refractivity contribution in [2.75, 3.05) is 0 Å². The van der Waals surface area contributed by atoms with Gasteiger partial charge in [0.25, 0.3) is 0 Å². The van der Waals surface area contributed by atoms with Gasteiger partial charge in [-0.3, -0.25) is 9.59 Å². The van der Waals surface area contributed by atoms with Crippen LogP contribution in [0.5, 0.6) is 0 Å². The Balaban J connectivity index is 2.13. The summed E-state index contributed by atoms with van der Waals surface area (Å²) in [5.74, 6) is -2.70. The number of fused-ring (bicyclic) bond motifs is 2. The molecule has 23 heavy (non-hydrogen) atoms. The van der Waals surface area contributed by atoms with Crippen LogP contribution in [0.3, 0.4) is 0 Å². The molecule has 6 heteroatoms. The molecular weight excluding hydrogens is 300 g/mol. The van der Waals surface area contributed by atoms with Crippen molar-refractivity contribution >= 4 is 17.7 Å². The number of rotatable bonds is 1. The van der Waals surface area contributed by atoms with Crippen LogP contribution in [0.2, 0.25) is 0 Å². The number of aliphatic hydroxyl groups excluding tert-OH is 1. The van der Waals surface area contributed by atoms with Crippen LogP contribution >= 0.6 is 0 Å². The number of allylic oxidation sites excluding steroid dienone is 2. The molecule has 0 bridgehead atoms. The minimum Gasteiger partial charge on any atom is -0.458 e. The van der Waals surface area contributed by atoms with Gasteiger partial charge < -0.3 is 14.6 Å². The first kappa shape index (κ1) is 15.9. The molecule has 0 amide bonds. The van der Waals surface area contributed by atoms with Crippen molar-refractivity contribution < 1.29 is 29.0 Å². The van der Waals surface area contributed by atoms with E-state index in [1.165, 1.54) is 13.0 Å². The average molecular weight is 320 g/mol. The number of hydrogen-bond donors (Lipinski definition) is 1. The minimum atomic E-state index is -1.14. The number of carbonyl (C=O) groups is 3. The highest BCUT2D eigenvalue weighted by molar-refractivity contribution is 5.99. The molecule has 0 aromatic rings. The Kier molecular flexibility index (Phi) is 3.48. The summed E-state index contributed by atoms with van der Waals surface area (Å²) in [5.41, 5.74) is -0.970. The van der Waals surface area contributed by atoms with Gasteiger partial charge in [-0.1, -0.05) is 19.6 Å².